The van der Waals surface area contributed by atoms with Gasteiger partial charge in [-0.05, 0) is 30.2 Å². The molecular weight excluding hydrogens is 350 g/mol. The van der Waals surface area contributed by atoms with E-state index in [2.05, 4.69) is 10.4 Å². The van der Waals surface area contributed by atoms with E-state index < -0.39 is 0 Å². The van der Waals surface area contributed by atoms with Crippen LogP contribution in [-0.2, 0) is 13.1 Å². The van der Waals surface area contributed by atoms with Crippen molar-refractivity contribution in [3.05, 3.63) is 82.1 Å². The molecule has 6 heteroatoms. The zero-order chi connectivity index (χ0) is 18.5. The zero-order valence-corrected chi connectivity index (χ0v) is 15.5. The van der Waals surface area contributed by atoms with Crippen molar-refractivity contribution < 1.29 is 9.53 Å². The molecule has 0 saturated carbocycles. The maximum atomic E-state index is 12.6. The molecule has 5 nitrogen and oxygen atoms in total. The predicted octanol–water partition coefficient (Wildman–Crippen LogP) is 3.83. The minimum Gasteiger partial charge on any atom is -0.497 e. The molecule has 1 amide bonds. The standard InChI is InChI=1S/C20H20ClN3O2/c1-14-18(19(21)24(23-14)13-16-6-4-3-5-7-16)20(25)22-12-15-8-10-17(26-2)11-9-15/h3-11H,12-13H2,1-2H3,(H,22,25). The van der Waals surface area contributed by atoms with Crippen LogP contribution < -0.4 is 10.1 Å². The lowest BCUT2D eigenvalue weighted by Gasteiger charge is -2.07. The van der Waals surface area contributed by atoms with Crippen LogP contribution in [0.5, 0.6) is 5.75 Å². The molecule has 0 spiro atoms. The van der Waals surface area contributed by atoms with E-state index in [1.54, 1.807) is 18.7 Å². The summed E-state index contributed by atoms with van der Waals surface area (Å²) >= 11 is 6.42. The molecule has 0 fully saturated rings. The van der Waals surface area contributed by atoms with Crippen molar-refractivity contribution in [1.82, 2.24) is 15.1 Å². The first kappa shape index (κ1) is 18.0. The van der Waals surface area contributed by atoms with Crippen molar-refractivity contribution in [3.8, 4) is 5.75 Å². The monoisotopic (exact) mass is 369 g/mol. The van der Waals surface area contributed by atoms with Gasteiger partial charge in [0.2, 0.25) is 0 Å². The van der Waals surface area contributed by atoms with Crippen molar-refractivity contribution in [2.45, 2.75) is 20.0 Å². The first-order valence-corrected chi connectivity index (χ1v) is 8.64. The van der Waals surface area contributed by atoms with Crippen molar-refractivity contribution in [2.24, 2.45) is 0 Å². The molecule has 1 heterocycles. The Balaban J connectivity index is 1.70. The van der Waals surface area contributed by atoms with E-state index >= 15 is 0 Å². The summed E-state index contributed by atoms with van der Waals surface area (Å²) in [7, 11) is 1.62. The number of benzene rings is 2. The number of nitrogens with one attached hydrogen (secondary N) is 1. The Kier molecular flexibility index (Phi) is 5.58. The third-order valence-electron chi connectivity index (χ3n) is 4.08. The topological polar surface area (TPSA) is 56.1 Å². The normalized spacial score (nSPS) is 10.6. The smallest absolute Gasteiger partial charge is 0.256 e. The first-order chi connectivity index (χ1) is 12.6. The second-order valence-electron chi connectivity index (χ2n) is 5.93. The predicted molar refractivity (Wildman–Crippen MR) is 102 cm³/mol. The van der Waals surface area contributed by atoms with E-state index in [9.17, 15) is 4.79 Å². The van der Waals surface area contributed by atoms with Gasteiger partial charge in [-0.25, -0.2) is 4.68 Å². The molecule has 0 bridgehead atoms. The Bertz CT molecular complexity index is 889. The minimum absolute atomic E-state index is 0.234. The summed E-state index contributed by atoms with van der Waals surface area (Å²) in [6.45, 7) is 2.71. The maximum absolute atomic E-state index is 12.6. The lowest BCUT2D eigenvalue weighted by atomic mass is 10.2. The summed E-state index contributed by atoms with van der Waals surface area (Å²) in [5.41, 5.74) is 3.07. The second kappa shape index (κ2) is 8.06. The molecule has 26 heavy (non-hydrogen) atoms. The number of aryl methyl sites for hydroxylation is 1. The van der Waals surface area contributed by atoms with Crippen LogP contribution in [0, 0.1) is 6.92 Å². The zero-order valence-electron chi connectivity index (χ0n) is 14.7. The number of aromatic nitrogens is 2. The lowest BCUT2D eigenvalue weighted by molar-refractivity contribution is 0.0950. The molecule has 0 unspecified atom stereocenters. The van der Waals surface area contributed by atoms with Crippen molar-refractivity contribution >= 4 is 17.5 Å². The van der Waals surface area contributed by atoms with Crippen LogP contribution >= 0.6 is 11.6 Å². The molecule has 0 aliphatic rings. The number of halogens is 1. The van der Waals surface area contributed by atoms with Gasteiger partial charge in [-0.15, -0.1) is 0 Å². The summed E-state index contributed by atoms with van der Waals surface area (Å²) in [4.78, 5) is 12.6. The molecule has 3 aromatic rings. The molecule has 0 radical (unpaired) electrons. The summed E-state index contributed by atoms with van der Waals surface area (Å²) in [6, 6.07) is 17.4. The summed E-state index contributed by atoms with van der Waals surface area (Å²) in [5, 5.41) is 7.65. The van der Waals surface area contributed by atoms with Gasteiger partial charge < -0.3 is 10.1 Å². The minimum atomic E-state index is -0.234. The van der Waals surface area contributed by atoms with Gasteiger partial charge in [0, 0.05) is 6.54 Å². The van der Waals surface area contributed by atoms with E-state index in [0.717, 1.165) is 16.9 Å². The summed E-state index contributed by atoms with van der Waals surface area (Å²) < 4.78 is 6.78. The molecule has 1 aromatic heterocycles. The van der Waals surface area contributed by atoms with Gasteiger partial charge in [0.1, 0.15) is 10.9 Å². The van der Waals surface area contributed by atoms with E-state index in [1.165, 1.54) is 0 Å². The van der Waals surface area contributed by atoms with Gasteiger partial charge in [0.05, 0.1) is 24.9 Å². The number of carbonyl (C=O) groups is 1. The summed E-state index contributed by atoms with van der Waals surface area (Å²) in [5.74, 6) is 0.545. The van der Waals surface area contributed by atoms with E-state index in [0.29, 0.717) is 29.5 Å². The average Bonchev–Trinajstić information content (AvgIpc) is 2.94. The second-order valence-corrected chi connectivity index (χ2v) is 6.28. The number of amides is 1. The Morgan fingerprint density at radius 2 is 1.81 bits per heavy atom. The van der Waals surface area contributed by atoms with Crippen molar-refractivity contribution in [3.63, 3.8) is 0 Å². The molecular formula is C20H20ClN3O2. The first-order valence-electron chi connectivity index (χ1n) is 8.26. The van der Waals surface area contributed by atoms with Crippen molar-refractivity contribution in [2.75, 3.05) is 7.11 Å². The van der Waals surface area contributed by atoms with Gasteiger partial charge in [-0.1, -0.05) is 54.1 Å². The molecule has 0 atom stereocenters. The van der Waals surface area contributed by atoms with Gasteiger partial charge in [0.15, 0.2) is 0 Å². The third kappa shape index (κ3) is 4.06. The van der Waals surface area contributed by atoms with Crippen LogP contribution in [-0.4, -0.2) is 22.8 Å². The molecule has 0 aliphatic heterocycles. The van der Waals surface area contributed by atoms with Gasteiger partial charge in [0.25, 0.3) is 5.91 Å². The molecule has 1 N–H and O–H groups in total. The van der Waals surface area contributed by atoms with Gasteiger partial charge in [-0.3, -0.25) is 4.79 Å². The number of carbonyl (C=O) groups excluding carboxylic acids is 1. The number of rotatable bonds is 6. The quantitative estimate of drug-likeness (QED) is 0.718. The molecule has 0 aliphatic carbocycles. The highest BCUT2D eigenvalue weighted by Crippen LogP contribution is 2.21. The molecule has 134 valence electrons. The molecule has 3 rings (SSSR count). The van der Waals surface area contributed by atoms with Crippen LogP contribution in [0.1, 0.15) is 27.2 Å². The largest absolute Gasteiger partial charge is 0.497 e. The highest BCUT2D eigenvalue weighted by molar-refractivity contribution is 6.33. The SMILES string of the molecule is COc1ccc(CNC(=O)c2c(C)nn(Cc3ccccc3)c2Cl)cc1. The Labute approximate surface area is 157 Å². The fourth-order valence-corrected chi connectivity index (χ4v) is 3.01. The summed E-state index contributed by atoms with van der Waals surface area (Å²) in [6.07, 6.45) is 0. The highest BCUT2D eigenvalue weighted by Gasteiger charge is 2.20. The van der Waals surface area contributed by atoms with E-state index in [1.807, 2.05) is 54.6 Å². The fraction of sp³-hybridized carbons (Fsp3) is 0.200. The Hall–Kier alpha value is -2.79. The fourth-order valence-electron chi connectivity index (χ4n) is 2.69. The van der Waals surface area contributed by atoms with Crippen LogP contribution in [0.15, 0.2) is 54.6 Å². The number of methoxy groups -OCH3 is 1. The average molecular weight is 370 g/mol. The Morgan fingerprint density at radius 3 is 2.46 bits per heavy atom. The number of ether oxygens (including phenoxy) is 1. The lowest BCUT2D eigenvalue weighted by Crippen LogP contribution is -2.23. The maximum Gasteiger partial charge on any atom is 0.256 e. The van der Waals surface area contributed by atoms with Crippen LogP contribution in [0.2, 0.25) is 5.15 Å². The van der Waals surface area contributed by atoms with Crippen molar-refractivity contribution in [1.29, 1.82) is 0 Å². The molecule has 0 saturated heterocycles. The highest BCUT2D eigenvalue weighted by atomic mass is 35.5. The number of hydrogen-bond donors (Lipinski definition) is 1. The van der Waals surface area contributed by atoms with Gasteiger partial charge in [-0.2, -0.15) is 5.10 Å². The van der Waals surface area contributed by atoms with Crippen LogP contribution in [0.4, 0.5) is 0 Å². The van der Waals surface area contributed by atoms with E-state index in [4.69, 9.17) is 16.3 Å². The van der Waals surface area contributed by atoms with Crippen LogP contribution in [0.25, 0.3) is 0 Å². The number of hydrogen-bond acceptors (Lipinski definition) is 3. The third-order valence-corrected chi connectivity index (χ3v) is 4.46. The van der Waals surface area contributed by atoms with Crippen LogP contribution in [0.3, 0.4) is 0 Å². The van der Waals surface area contributed by atoms with Gasteiger partial charge >= 0.3 is 0 Å². The number of nitrogens with zero attached hydrogens (tertiary/aromatic N) is 2. The van der Waals surface area contributed by atoms with E-state index in [-0.39, 0.29) is 5.91 Å². The molecule has 2 aromatic carbocycles. The Morgan fingerprint density at radius 1 is 1.12 bits per heavy atom.